The molecule has 2 rings (SSSR count). The zero-order valence-electron chi connectivity index (χ0n) is 13.1. The van der Waals surface area contributed by atoms with Crippen molar-refractivity contribution in [3.05, 3.63) is 30.3 Å². The van der Waals surface area contributed by atoms with Gasteiger partial charge < -0.3 is 0 Å². The Hall–Kier alpha value is -0.670. The Kier molecular flexibility index (Phi) is 8.05. The normalized spacial score (nSPS) is 21.1. The van der Waals surface area contributed by atoms with Gasteiger partial charge in [-0.2, -0.15) is 0 Å². The van der Waals surface area contributed by atoms with Gasteiger partial charge in [-0.1, -0.05) is 76.0 Å². The zero-order valence-corrected chi connectivity index (χ0v) is 13.9. The SMILES string of the molecule is O=S(NC1CCCCCCCCCCC1)c1ccccc1. The molecule has 1 N–H and O–H groups in total. The lowest BCUT2D eigenvalue weighted by atomic mass is 9.98. The second-order valence-corrected chi connectivity index (χ2v) is 7.40. The monoisotopic (exact) mass is 307 g/mol. The minimum atomic E-state index is -1.06. The zero-order chi connectivity index (χ0) is 14.8. The summed E-state index contributed by atoms with van der Waals surface area (Å²) in [6.07, 6.45) is 14.5. The minimum Gasteiger partial charge on any atom is -0.237 e. The van der Waals surface area contributed by atoms with Crippen LogP contribution in [0.2, 0.25) is 0 Å². The standard InChI is InChI=1S/C18H29NOS/c20-21(18-15-11-8-12-16-18)19-17-13-9-6-4-2-1-3-5-7-10-14-17/h8,11-12,15-17,19H,1-7,9-10,13-14H2. The van der Waals surface area contributed by atoms with Crippen LogP contribution in [0.4, 0.5) is 0 Å². The average Bonchev–Trinajstić information content (AvgIpc) is 2.51. The second kappa shape index (κ2) is 10.1. The first kappa shape index (κ1) is 16.7. The van der Waals surface area contributed by atoms with E-state index in [-0.39, 0.29) is 0 Å². The van der Waals surface area contributed by atoms with Crippen molar-refractivity contribution < 1.29 is 4.21 Å². The molecule has 0 amide bonds. The van der Waals surface area contributed by atoms with E-state index in [0.717, 1.165) is 4.90 Å². The molecular weight excluding hydrogens is 278 g/mol. The van der Waals surface area contributed by atoms with Gasteiger partial charge in [-0.15, -0.1) is 0 Å². The highest BCUT2D eigenvalue weighted by Crippen LogP contribution is 2.18. The van der Waals surface area contributed by atoms with E-state index in [9.17, 15) is 4.21 Å². The van der Waals surface area contributed by atoms with Gasteiger partial charge in [0.25, 0.3) is 0 Å². The Balaban J connectivity index is 1.84. The first-order chi connectivity index (χ1) is 10.4. The summed E-state index contributed by atoms with van der Waals surface area (Å²) >= 11 is 0. The van der Waals surface area contributed by atoms with Crippen LogP contribution in [-0.2, 0) is 11.0 Å². The lowest BCUT2D eigenvalue weighted by molar-refractivity contribution is 0.447. The summed E-state index contributed by atoms with van der Waals surface area (Å²) in [7, 11) is -1.06. The van der Waals surface area contributed by atoms with E-state index in [1.54, 1.807) is 0 Å². The minimum absolute atomic E-state index is 0.408. The summed E-state index contributed by atoms with van der Waals surface area (Å²) in [4.78, 5) is 0.892. The number of nitrogens with one attached hydrogen (secondary N) is 1. The maximum atomic E-state index is 12.4. The molecule has 1 aromatic carbocycles. The van der Waals surface area contributed by atoms with Crippen LogP contribution in [0.25, 0.3) is 0 Å². The fraction of sp³-hybridized carbons (Fsp3) is 0.667. The molecule has 0 spiro atoms. The van der Waals surface area contributed by atoms with Crippen molar-refractivity contribution in [1.82, 2.24) is 4.72 Å². The Morgan fingerprint density at radius 1 is 0.762 bits per heavy atom. The van der Waals surface area contributed by atoms with Crippen LogP contribution >= 0.6 is 0 Å². The van der Waals surface area contributed by atoms with Crippen LogP contribution in [0, 0.1) is 0 Å². The topological polar surface area (TPSA) is 29.1 Å². The second-order valence-electron chi connectivity index (χ2n) is 6.16. The molecule has 2 nitrogen and oxygen atoms in total. The Bertz CT molecular complexity index is 395. The van der Waals surface area contributed by atoms with E-state index >= 15 is 0 Å². The summed E-state index contributed by atoms with van der Waals surface area (Å²) < 4.78 is 15.7. The van der Waals surface area contributed by atoms with Gasteiger partial charge in [-0.25, -0.2) is 8.93 Å². The predicted molar refractivity (Wildman–Crippen MR) is 90.6 cm³/mol. The van der Waals surface area contributed by atoms with Gasteiger partial charge in [-0.05, 0) is 25.0 Å². The van der Waals surface area contributed by atoms with Gasteiger partial charge in [0, 0.05) is 6.04 Å². The summed E-state index contributed by atoms with van der Waals surface area (Å²) in [5, 5.41) is 0. The number of rotatable bonds is 3. The molecule has 3 heteroatoms. The molecule has 0 aliphatic heterocycles. The van der Waals surface area contributed by atoms with Gasteiger partial charge in [-0.3, -0.25) is 0 Å². The van der Waals surface area contributed by atoms with Crippen molar-refractivity contribution in [2.24, 2.45) is 0 Å². The molecule has 1 aliphatic rings. The van der Waals surface area contributed by atoms with Crippen molar-refractivity contribution in [2.45, 2.75) is 81.6 Å². The molecule has 21 heavy (non-hydrogen) atoms. The maximum Gasteiger partial charge on any atom is 0.125 e. The Morgan fingerprint density at radius 3 is 1.76 bits per heavy atom. The largest absolute Gasteiger partial charge is 0.237 e. The third kappa shape index (κ3) is 6.75. The molecule has 0 radical (unpaired) electrons. The van der Waals surface area contributed by atoms with E-state index in [1.165, 1.54) is 70.6 Å². The van der Waals surface area contributed by atoms with Gasteiger partial charge >= 0.3 is 0 Å². The fourth-order valence-electron chi connectivity index (χ4n) is 3.04. The molecule has 1 fully saturated rings. The predicted octanol–water partition coefficient (Wildman–Crippen LogP) is 4.97. The van der Waals surface area contributed by atoms with Crippen molar-refractivity contribution in [3.8, 4) is 0 Å². The van der Waals surface area contributed by atoms with Crippen LogP contribution in [0.15, 0.2) is 35.2 Å². The van der Waals surface area contributed by atoms with Crippen molar-refractivity contribution in [2.75, 3.05) is 0 Å². The third-order valence-electron chi connectivity index (χ3n) is 4.34. The molecule has 0 heterocycles. The van der Waals surface area contributed by atoms with Crippen LogP contribution in [-0.4, -0.2) is 10.3 Å². The average molecular weight is 308 g/mol. The van der Waals surface area contributed by atoms with Gasteiger partial charge in [0.15, 0.2) is 0 Å². The van der Waals surface area contributed by atoms with Crippen LogP contribution in [0.1, 0.15) is 70.6 Å². The number of benzene rings is 1. The van der Waals surface area contributed by atoms with Gasteiger partial charge in [0.1, 0.15) is 11.0 Å². The highest BCUT2D eigenvalue weighted by Gasteiger charge is 2.13. The highest BCUT2D eigenvalue weighted by atomic mass is 32.2. The van der Waals surface area contributed by atoms with Crippen molar-refractivity contribution in [1.29, 1.82) is 0 Å². The molecule has 118 valence electrons. The maximum absolute atomic E-state index is 12.4. The molecular formula is C18H29NOS. The Morgan fingerprint density at radius 2 is 1.24 bits per heavy atom. The number of hydrogen-bond acceptors (Lipinski definition) is 1. The third-order valence-corrected chi connectivity index (χ3v) is 5.58. The first-order valence-electron chi connectivity index (χ1n) is 8.59. The first-order valence-corrected chi connectivity index (χ1v) is 9.74. The Labute approximate surface area is 132 Å². The highest BCUT2D eigenvalue weighted by molar-refractivity contribution is 7.83. The molecule has 0 saturated heterocycles. The molecule has 1 unspecified atom stereocenters. The summed E-state index contributed by atoms with van der Waals surface area (Å²) in [5.41, 5.74) is 0. The quantitative estimate of drug-likeness (QED) is 0.839. The molecule has 1 atom stereocenters. The lowest BCUT2D eigenvalue weighted by Crippen LogP contribution is -2.31. The van der Waals surface area contributed by atoms with Crippen LogP contribution < -0.4 is 4.72 Å². The summed E-state index contributed by atoms with van der Waals surface area (Å²) in [5.74, 6) is 0. The van der Waals surface area contributed by atoms with Crippen molar-refractivity contribution in [3.63, 3.8) is 0 Å². The molecule has 0 bridgehead atoms. The van der Waals surface area contributed by atoms with E-state index < -0.39 is 11.0 Å². The van der Waals surface area contributed by atoms with Crippen LogP contribution in [0.3, 0.4) is 0 Å². The van der Waals surface area contributed by atoms with E-state index in [4.69, 9.17) is 0 Å². The summed E-state index contributed by atoms with van der Waals surface area (Å²) in [6, 6.07) is 10.2. The molecule has 0 aromatic heterocycles. The molecule has 1 saturated carbocycles. The lowest BCUT2D eigenvalue weighted by Gasteiger charge is -2.19. The van der Waals surface area contributed by atoms with E-state index in [0.29, 0.717) is 6.04 Å². The van der Waals surface area contributed by atoms with E-state index in [1.807, 2.05) is 30.3 Å². The van der Waals surface area contributed by atoms with Gasteiger partial charge in [0.2, 0.25) is 0 Å². The van der Waals surface area contributed by atoms with E-state index in [2.05, 4.69) is 4.72 Å². The summed E-state index contributed by atoms with van der Waals surface area (Å²) in [6.45, 7) is 0. The fourth-order valence-corrected chi connectivity index (χ4v) is 4.12. The number of hydrogen-bond donors (Lipinski definition) is 1. The van der Waals surface area contributed by atoms with Gasteiger partial charge in [0.05, 0.1) is 4.90 Å². The van der Waals surface area contributed by atoms with Crippen LogP contribution in [0.5, 0.6) is 0 Å². The van der Waals surface area contributed by atoms with Crippen molar-refractivity contribution >= 4 is 11.0 Å². The molecule has 1 aromatic rings. The smallest absolute Gasteiger partial charge is 0.125 e. The molecule has 1 aliphatic carbocycles.